The van der Waals surface area contributed by atoms with Gasteiger partial charge in [0.25, 0.3) is 0 Å². The van der Waals surface area contributed by atoms with Crippen molar-refractivity contribution in [1.29, 1.82) is 0 Å². The molecule has 5 nitrogen and oxygen atoms in total. The first-order valence-electron chi connectivity index (χ1n) is 6.62. The zero-order valence-electron chi connectivity index (χ0n) is 9.92. The lowest BCUT2D eigenvalue weighted by Crippen LogP contribution is -2.58. The lowest BCUT2D eigenvalue weighted by molar-refractivity contribution is -0.167. The average molecular weight is 315 g/mol. The summed E-state index contributed by atoms with van der Waals surface area (Å²) in [4.78, 5) is 25.0. The van der Waals surface area contributed by atoms with Gasteiger partial charge in [0.05, 0.1) is 24.4 Å². The second-order valence-corrected chi connectivity index (χ2v) is 7.92. The van der Waals surface area contributed by atoms with Crippen molar-refractivity contribution in [2.75, 3.05) is 0 Å². The summed E-state index contributed by atoms with van der Waals surface area (Å²) in [5, 5.41) is 0. The molecule has 7 heteroatoms. The van der Waals surface area contributed by atoms with Crippen LogP contribution in [0.15, 0.2) is 12.2 Å². The number of rotatable bonds is 0. The number of hydrogen-bond donors (Lipinski definition) is 0. The first-order valence-corrected chi connectivity index (χ1v) is 7.38. The fourth-order valence-electron chi connectivity index (χ4n) is 5.55. The van der Waals surface area contributed by atoms with E-state index in [1.165, 1.54) is 0 Å². The third kappa shape index (κ3) is 0.671. The van der Waals surface area contributed by atoms with Gasteiger partial charge in [-0.05, 0) is 0 Å². The van der Waals surface area contributed by atoms with E-state index >= 15 is 0 Å². The molecular formula is C13H8Cl2O5. The monoisotopic (exact) mass is 314 g/mol. The highest BCUT2D eigenvalue weighted by molar-refractivity contribution is 6.51. The molecule has 6 aliphatic rings. The Morgan fingerprint density at radius 3 is 1.90 bits per heavy atom. The van der Waals surface area contributed by atoms with Gasteiger partial charge in [-0.15, -0.1) is 23.2 Å². The molecule has 5 aliphatic heterocycles. The van der Waals surface area contributed by atoms with Gasteiger partial charge in [0.15, 0.2) is 0 Å². The highest BCUT2D eigenvalue weighted by atomic mass is 35.5. The van der Waals surface area contributed by atoms with E-state index in [4.69, 9.17) is 37.4 Å². The van der Waals surface area contributed by atoms with E-state index in [2.05, 4.69) is 0 Å². The van der Waals surface area contributed by atoms with Gasteiger partial charge in [-0.1, -0.05) is 12.2 Å². The largest absolute Gasteiger partial charge is 0.392 e. The molecule has 4 bridgehead atoms. The van der Waals surface area contributed by atoms with Gasteiger partial charge in [0, 0.05) is 11.8 Å². The van der Waals surface area contributed by atoms with E-state index in [0.29, 0.717) is 0 Å². The van der Waals surface area contributed by atoms with Crippen molar-refractivity contribution < 1.29 is 23.8 Å². The summed E-state index contributed by atoms with van der Waals surface area (Å²) >= 11 is 12.7. The molecule has 0 N–H and O–H groups in total. The molecule has 20 heavy (non-hydrogen) atoms. The Bertz CT molecular complexity index is 609. The summed E-state index contributed by atoms with van der Waals surface area (Å²) in [6.45, 7) is 0. The normalized spacial score (nSPS) is 65.3. The Balaban J connectivity index is 1.70. The van der Waals surface area contributed by atoms with Gasteiger partial charge in [0.2, 0.25) is 0 Å². The van der Waals surface area contributed by atoms with E-state index in [9.17, 15) is 9.59 Å². The fourth-order valence-corrected chi connectivity index (χ4v) is 6.43. The van der Waals surface area contributed by atoms with Crippen molar-refractivity contribution in [3.05, 3.63) is 12.2 Å². The first kappa shape index (κ1) is 11.0. The summed E-state index contributed by atoms with van der Waals surface area (Å²) in [6.07, 6.45) is 1.71. The van der Waals surface area contributed by atoms with Crippen LogP contribution in [0.25, 0.3) is 0 Å². The third-order valence-corrected chi connectivity index (χ3v) is 7.21. The van der Waals surface area contributed by atoms with Gasteiger partial charge >= 0.3 is 11.9 Å². The van der Waals surface area contributed by atoms with Crippen LogP contribution < -0.4 is 0 Å². The predicted molar refractivity (Wildman–Crippen MR) is 63.8 cm³/mol. The van der Waals surface area contributed by atoms with Crippen molar-refractivity contribution in [3.63, 3.8) is 0 Å². The summed E-state index contributed by atoms with van der Waals surface area (Å²) < 4.78 is 15.9. The number of ether oxygens (including phenoxy) is 3. The molecule has 5 heterocycles. The maximum atomic E-state index is 12.5. The molecule has 4 saturated heterocycles. The molecule has 0 spiro atoms. The molecule has 0 aromatic rings. The zero-order valence-corrected chi connectivity index (χ0v) is 11.4. The minimum atomic E-state index is -1.08. The van der Waals surface area contributed by atoms with E-state index in [-0.39, 0.29) is 11.8 Å². The zero-order chi connectivity index (χ0) is 13.7. The SMILES string of the molecule is O=C1OC(=O)[C@]23[C@@H]4C=C[C@@H](O4)[C@]12[C@H]1O[C@@H]3[C@H]2[C@@H]1C2(Cl)Cl. The average Bonchev–Trinajstić information content (AvgIpc) is 2.96. The van der Waals surface area contributed by atoms with Crippen LogP contribution in [0, 0.1) is 22.7 Å². The number of cyclic esters (lactones) is 2. The minimum absolute atomic E-state index is 0.126. The molecule has 0 aromatic carbocycles. The maximum absolute atomic E-state index is 12.5. The van der Waals surface area contributed by atoms with E-state index < -0.39 is 51.5 Å². The number of hydrogen-bond acceptors (Lipinski definition) is 5. The second-order valence-electron chi connectivity index (χ2n) is 6.48. The van der Waals surface area contributed by atoms with Crippen LogP contribution in [0.5, 0.6) is 0 Å². The van der Waals surface area contributed by atoms with Crippen molar-refractivity contribution in [1.82, 2.24) is 0 Å². The molecule has 6 rings (SSSR count). The van der Waals surface area contributed by atoms with Crippen LogP contribution in [0.4, 0.5) is 0 Å². The smallest absolute Gasteiger partial charge is 0.326 e. The Morgan fingerprint density at radius 1 is 0.900 bits per heavy atom. The highest BCUT2D eigenvalue weighted by Gasteiger charge is 2.98. The number of fused-ring (bicyclic) bond motifs is 7. The van der Waals surface area contributed by atoms with E-state index in [0.717, 1.165) is 0 Å². The number of halogens is 2. The maximum Gasteiger partial charge on any atom is 0.326 e. The Hall–Kier alpha value is -0.620. The summed E-state index contributed by atoms with van der Waals surface area (Å²) in [6, 6.07) is 0. The van der Waals surface area contributed by atoms with Crippen molar-refractivity contribution >= 4 is 35.1 Å². The molecule has 0 radical (unpaired) electrons. The molecule has 8 atom stereocenters. The van der Waals surface area contributed by atoms with Crippen molar-refractivity contribution in [2.24, 2.45) is 22.7 Å². The fraction of sp³-hybridized carbons (Fsp3) is 0.692. The molecule has 1 aliphatic carbocycles. The van der Waals surface area contributed by atoms with Gasteiger partial charge in [-0.3, -0.25) is 9.59 Å². The highest BCUT2D eigenvalue weighted by Crippen LogP contribution is 2.84. The van der Waals surface area contributed by atoms with Crippen LogP contribution in [-0.2, 0) is 23.8 Å². The Labute approximate surface area is 123 Å². The molecule has 0 amide bonds. The van der Waals surface area contributed by atoms with Gasteiger partial charge in [-0.25, -0.2) is 0 Å². The van der Waals surface area contributed by atoms with Crippen molar-refractivity contribution in [3.8, 4) is 0 Å². The van der Waals surface area contributed by atoms with Crippen molar-refractivity contribution in [2.45, 2.75) is 28.7 Å². The number of carbonyl (C=O) groups is 2. The molecule has 0 aromatic heterocycles. The van der Waals surface area contributed by atoms with Crippen LogP contribution >= 0.6 is 23.2 Å². The predicted octanol–water partition coefficient (Wildman–Crippen LogP) is 0.581. The quantitative estimate of drug-likeness (QED) is 0.283. The van der Waals surface area contributed by atoms with Gasteiger partial charge in [0.1, 0.15) is 15.2 Å². The summed E-state index contributed by atoms with van der Waals surface area (Å²) in [7, 11) is 0. The topological polar surface area (TPSA) is 61.8 Å². The van der Waals surface area contributed by atoms with Crippen LogP contribution in [0.1, 0.15) is 0 Å². The Kier molecular flexibility index (Phi) is 1.42. The second kappa shape index (κ2) is 2.58. The van der Waals surface area contributed by atoms with Gasteiger partial charge in [-0.2, -0.15) is 0 Å². The van der Waals surface area contributed by atoms with E-state index in [1.807, 2.05) is 12.2 Å². The molecule has 0 unspecified atom stereocenters. The van der Waals surface area contributed by atoms with Crippen LogP contribution in [0.2, 0.25) is 0 Å². The molecule has 104 valence electrons. The Morgan fingerprint density at radius 2 is 1.40 bits per heavy atom. The summed E-state index contributed by atoms with van der Waals surface area (Å²) in [5.74, 6) is -1.33. The number of esters is 2. The third-order valence-electron chi connectivity index (χ3n) is 6.21. The van der Waals surface area contributed by atoms with Crippen LogP contribution in [-0.4, -0.2) is 40.7 Å². The van der Waals surface area contributed by atoms with E-state index in [1.54, 1.807) is 0 Å². The molecule has 5 fully saturated rings. The first-order chi connectivity index (χ1) is 9.48. The standard InChI is InChI=1S/C13H8Cl2O5/c14-13(15)5-6(13)8-12-4-2-1-3(18-4)11(12,7(5)19-8)9(16)20-10(12)17/h1-8H/t3-,4+,5+,6-,7+,8-,11+,12-. The molecule has 1 saturated carbocycles. The molecular weight excluding hydrogens is 307 g/mol. The minimum Gasteiger partial charge on any atom is -0.392 e. The number of alkyl halides is 2. The number of carbonyl (C=O) groups excluding carboxylic acids is 2. The van der Waals surface area contributed by atoms with Crippen LogP contribution in [0.3, 0.4) is 0 Å². The lowest BCUT2D eigenvalue weighted by Gasteiger charge is -2.37. The summed E-state index contributed by atoms with van der Waals surface area (Å²) in [5.41, 5.74) is -2.16. The lowest BCUT2D eigenvalue weighted by atomic mass is 9.53. The van der Waals surface area contributed by atoms with Gasteiger partial charge < -0.3 is 14.2 Å².